The summed E-state index contributed by atoms with van der Waals surface area (Å²) in [4.78, 5) is 87.3. The smallest absolute Gasteiger partial charge is 0.386 e. The topological polar surface area (TPSA) is 390 Å². The third-order valence-electron chi connectivity index (χ3n) is 7.30. The van der Waals surface area contributed by atoms with Crippen molar-refractivity contribution < 1.29 is 80.5 Å². The van der Waals surface area contributed by atoms with Crippen LogP contribution in [0, 0.1) is 5.41 Å². The van der Waals surface area contributed by atoms with Gasteiger partial charge in [0.1, 0.15) is 36.3 Å². The number of thiol groups is 1. The number of aromatic nitrogens is 4. The van der Waals surface area contributed by atoms with Gasteiger partial charge in [0.05, 0.1) is 25.6 Å². The molecule has 2 aromatic rings. The molecule has 31 heteroatoms. The zero-order chi connectivity index (χ0) is 41.4. The molecule has 2 aromatic heterocycles. The van der Waals surface area contributed by atoms with E-state index < -0.39 is 90.6 Å². The van der Waals surface area contributed by atoms with Crippen LogP contribution in [-0.4, -0.2) is 135 Å². The number of hydrogen-bond donors (Lipinski definition) is 11. The van der Waals surface area contributed by atoms with Gasteiger partial charge >= 0.3 is 23.5 Å². The van der Waals surface area contributed by atoms with Crippen LogP contribution in [0.4, 0.5) is 5.82 Å². The van der Waals surface area contributed by atoms with Crippen molar-refractivity contribution >= 4 is 91.6 Å². The number of aliphatic hydroxyl groups excluding tert-OH is 2. The van der Waals surface area contributed by atoms with Gasteiger partial charge in [0.15, 0.2) is 17.7 Å². The molecule has 55 heavy (non-hydrogen) atoms. The number of carbonyl (C=O) groups is 3. The van der Waals surface area contributed by atoms with E-state index in [1.165, 1.54) is 13.8 Å². The van der Waals surface area contributed by atoms with Crippen molar-refractivity contribution in [1.82, 2.24) is 30.2 Å². The molecule has 3 rings (SSSR count). The Morgan fingerprint density at radius 1 is 1.09 bits per heavy atom. The van der Waals surface area contributed by atoms with Gasteiger partial charge in [0.2, 0.25) is 16.9 Å². The molecule has 0 spiro atoms. The molecule has 1 saturated heterocycles. The molecule has 8 unspecified atom stereocenters. The fourth-order valence-corrected chi connectivity index (χ4v) is 8.97. The summed E-state index contributed by atoms with van der Waals surface area (Å²) in [6.45, 7) is 0.373. The maximum atomic E-state index is 12.7. The highest BCUT2D eigenvalue weighted by molar-refractivity contribution is 8.68. The van der Waals surface area contributed by atoms with Gasteiger partial charge in [-0.15, -0.1) is 11.7 Å². The van der Waals surface area contributed by atoms with Gasteiger partial charge in [-0.3, -0.25) is 32.5 Å². The predicted octanol–water partition coefficient (Wildman–Crippen LogP) is -1.43. The number of fused-ring (bicyclic) bond motifs is 1. The van der Waals surface area contributed by atoms with Gasteiger partial charge in [-0.05, 0) is 0 Å². The van der Waals surface area contributed by atoms with Crippen molar-refractivity contribution in [2.75, 3.05) is 43.5 Å². The van der Waals surface area contributed by atoms with Crippen LogP contribution in [-0.2, 0) is 50.7 Å². The van der Waals surface area contributed by atoms with E-state index in [0.29, 0.717) is 5.75 Å². The Morgan fingerprint density at radius 2 is 1.76 bits per heavy atom. The van der Waals surface area contributed by atoms with Crippen LogP contribution in [0.5, 0.6) is 0 Å². The summed E-state index contributed by atoms with van der Waals surface area (Å²) < 4.78 is 62.0. The molecular weight excluding hydrogens is 861 g/mol. The van der Waals surface area contributed by atoms with E-state index in [2.05, 4.69) is 46.1 Å². The first-order valence-electron chi connectivity index (χ1n) is 15.5. The highest BCUT2D eigenvalue weighted by Crippen LogP contribution is 2.61. The zero-order valence-corrected chi connectivity index (χ0v) is 34.0. The Bertz CT molecular complexity index is 1810. The van der Waals surface area contributed by atoms with Crippen molar-refractivity contribution in [3.63, 3.8) is 0 Å². The summed E-state index contributed by atoms with van der Waals surface area (Å²) >= 11 is 4.88. The second kappa shape index (κ2) is 20.3. The van der Waals surface area contributed by atoms with Crippen molar-refractivity contribution in [3.05, 3.63) is 12.7 Å². The molecule has 2 amide bonds. The number of nitrogen functional groups attached to an aromatic ring is 1. The molecule has 0 bridgehead atoms. The minimum atomic E-state index is -5.57. The maximum Gasteiger partial charge on any atom is 0.481 e. The Morgan fingerprint density at radius 3 is 2.42 bits per heavy atom. The number of carbonyl (C=O) groups excluding carboxylic acids is 3. The summed E-state index contributed by atoms with van der Waals surface area (Å²) in [5, 5.41) is 26.0. The number of rotatable bonds is 22. The van der Waals surface area contributed by atoms with E-state index in [1.54, 1.807) is 0 Å². The van der Waals surface area contributed by atoms with Crippen LogP contribution in [0.2, 0.25) is 0 Å². The van der Waals surface area contributed by atoms with Crippen molar-refractivity contribution in [1.29, 1.82) is 0 Å². The van der Waals surface area contributed by atoms with Crippen LogP contribution < -0.4 is 22.1 Å². The minimum absolute atomic E-state index is 0.0266. The van der Waals surface area contributed by atoms with Gasteiger partial charge in [0, 0.05) is 36.4 Å². The third kappa shape index (κ3) is 14.5. The summed E-state index contributed by atoms with van der Waals surface area (Å²) in [6.07, 6.45) is -6.98. The Hall–Kier alpha value is -1.78. The highest BCUT2D eigenvalue weighted by Gasteiger charge is 2.50. The van der Waals surface area contributed by atoms with E-state index in [-0.39, 0.29) is 47.4 Å². The van der Waals surface area contributed by atoms with Gasteiger partial charge in [-0.1, -0.05) is 36.4 Å². The molecule has 8 atom stereocenters. The molecule has 1 fully saturated rings. The molecule has 3 heterocycles. The molecule has 12 N–H and O–H groups in total. The first kappa shape index (κ1) is 47.6. The average Bonchev–Trinajstić information content (AvgIpc) is 3.64. The number of phosphoric ester groups is 3. The zero-order valence-electron chi connectivity index (χ0n) is 28.8. The van der Waals surface area contributed by atoms with E-state index in [0.717, 1.165) is 39.8 Å². The number of aliphatic hydroxyl groups is 2. The first-order chi connectivity index (χ1) is 25.5. The molecular formula is C24H41N8O17P3S3. The summed E-state index contributed by atoms with van der Waals surface area (Å²) in [5.41, 5.74) is 9.91. The number of nitrogens with zero attached hydrogens (tertiary/aromatic N) is 4. The van der Waals surface area contributed by atoms with E-state index in [4.69, 9.17) is 25.3 Å². The number of phosphoric acid groups is 3. The number of hydrogen-bond acceptors (Lipinski definition) is 21. The van der Waals surface area contributed by atoms with E-state index in [1.807, 2.05) is 0 Å². The minimum Gasteiger partial charge on any atom is -0.386 e. The molecule has 0 aromatic carbocycles. The second-order valence-electron chi connectivity index (χ2n) is 12.1. The molecule has 0 saturated carbocycles. The highest BCUT2D eigenvalue weighted by atomic mass is 33.1. The molecule has 1 aliphatic rings. The van der Waals surface area contributed by atoms with Gasteiger partial charge < -0.3 is 56.6 Å². The van der Waals surface area contributed by atoms with Gasteiger partial charge in [-0.25, -0.2) is 28.6 Å². The lowest BCUT2D eigenvalue weighted by molar-refractivity contribution is -0.137. The van der Waals surface area contributed by atoms with Crippen molar-refractivity contribution in [2.45, 2.75) is 57.0 Å². The predicted molar refractivity (Wildman–Crippen MR) is 197 cm³/mol. The SMILES string of the molecule is CC(C)(COP(=O)(O)OP(=O)(O)OCC1OC(n2cnc3c(N)ncnc32)C(O)C1OP(=O)(O)O)C(O)C(=O)NCCC(=O)NCCSC(=O)C(N)CSS. The van der Waals surface area contributed by atoms with Crippen LogP contribution in [0.1, 0.15) is 26.5 Å². The Labute approximate surface area is 325 Å². The summed E-state index contributed by atoms with van der Waals surface area (Å²) in [5.74, 6) is -0.915. The first-order valence-corrected chi connectivity index (χ1v) is 23.1. The number of thioether (sulfide) groups is 1. The quantitative estimate of drug-likeness (QED) is 0.0279. The maximum absolute atomic E-state index is 12.7. The van der Waals surface area contributed by atoms with Crippen LogP contribution in [0.25, 0.3) is 11.2 Å². The number of ether oxygens (including phenoxy) is 1. The summed E-state index contributed by atoms with van der Waals surface area (Å²) in [6, 6.07) is -0.694. The van der Waals surface area contributed by atoms with E-state index >= 15 is 0 Å². The lowest BCUT2D eigenvalue weighted by Gasteiger charge is -2.30. The number of anilines is 1. The van der Waals surface area contributed by atoms with Crippen LogP contribution in [0.3, 0.4) is 0 Å². The lowest BCUT2D eigenvalue weighted by atomic mass is 9.87. The van der Waals surface area contributed by atoms with Crippen LogP contribution in [0.15, 0.2) is 12.7 Å². The third-order valence-corrected chi connectivity index (χ3v) is 12.4. The van der Waals surface area contributed by atoms with Crippen molar-refractivity contribution in [3.8, 4) is 0 Å². The molecule has 0 aliphatic carbocycles. The van der Waals surface area contributed by atoms with E-state index in [9.17, 15) is 57.9 Å². The standard InChI is InChI=1S/C24H41N8O17P3S3/c1-24(2,18(35)21(36)28-4-3-14(33)27-5-6-54-23(37)12(25)8-55-53)9-46-52(43,44)49-51(41,42)45-7-13-17(48-50(38,39)40)16(34)22(47-13)32-11-31-15-19(26)29-10-30-20(15)32/h10-13,16-18,22,34-35,53H,3-9,25H2,1-2H3,(H,27,33)(H,28,36)(H,41,42)(H,43,44)(H2,26,29,30)(H2,38,39,40). The fraction of sp³-hybridized carbons (Fsp3) is 0.667. The normalized spacial score (nSPS) is 22.4. The van der Waals surface area contributed by atoms with Gasteiger partial charge in [-0.2, -0.15) is 4.31 Å². The molecule has 0 radical (unpaired) electrons. The lowest BCUT2D eigenvalue weighted by Crippen LogP contribution is -2.46. The number of nitrogens with two attached hydrogens (primary N) is 2. The largest absolute Gasteiger partial charge is 0.481 e. The number of imidazole rings is 1. The molecule has 25 nitrogen and oxygen atoms in total. The summed E-state index contributed by atoms with van der Waals surface area (Å²) in [7, 11) is -15.3. The average molecular weight is 903 g/mol. The second-order valence-corrected chi connectivity index (χ2v) is 18.8. The molecule has 312 valence electrons. The van der Waals surface area contributed by atoms with Gasteiger partial charge in [0.25, 0.3) is 0 Å². The number of nitrogens with one attached hydrogen (secondary N) is 2. The Kier molecular flexibility index (Phi) is 17.5. The van der Waals surface area contributed by atoms with Crippen LogP contribution >= 0.6 is 57.7 Å². The Balaban J connectivity index is 1.50. The fourth-order valence-electron chi connectivity index (χ4n) is 4.54. The van der Waals surface area contributed by atoms with Crippen molar-refractivity contribution in [2.24, 2.45) is 11.1 Å². The number of amides is 2. The molecule has 1 aliphatic heterocycles. The monoisotopic (exact) mass is 902 g/mol.